The van der Waals surface area contributed by atoms with Crippen molar-refractivity contribution in [3.63, 3.8) is 0 Å². The number of esters is 1. The summed E-state index contributed by atoms with van der Waals surface area (Å²) in [5.74, 6) is -2.90. The van der Waals surface area contributed by atoms with Gasteiger partial charge in [-0.1, -0.05) is 59.3 Å². The zero-order chi connectivity index (χ0) is 28.1. The van der Waals surface area contributed by atoms with Crippen molar-refractivity contribution in [3.8, 4) is 0 Å². The van der Waals surface area contributed by atoms with Gasteiger partial charge in [0, 0.05) is 48.4 Å². The molecule has 0 radical (unpaired) electrons. The third-order valence-electron chi connectivity index (χ3n) is 6.00. The molecule has 204 valence electrons. The minimum absolute atomic E-state index is 0.0716. The summed E-state index contributed by atoms with van der Waals surface area (Å²) in [7, 11) is 0. The summed E-state index contributed by atoms with van der Waals surface area (Å²) >= 11 is 3.50. The average molecular weight is 589 g/mol. The van der Waals surface area contributed by atoms with E-state index in [0.29, 0.717) is 38.0 Å². The number of likely N-dealkylation sites (tertiary alicyclic amines) is 1. The number of nitrogens with zero attached hydrogens (tertiary/aromatic N) is 2. The topological polar surface area (TPSA) is 124 Å². The molecule has 10 heteroatoms. The van der Waals surface area contributed by atoms with Crippen molar-refractivity contribution in [1.29, 1.82) is 0 Å². The Labute approximate surface area is 230 Å². The number of rotatable bonds is 9. The summed E-state index contributed by atoms with van der Waals surface area (Å²) in [5, 5.41) is 15.6. The molecular weight excluding hydrogens is 556 g/mol. The van der Waals surface area contributed by atoms with Crippen LogP contribution >= 0.6 is 15.9 Å². The van der Waals surface area contributed by atoms with E-state index < -0.39 is 17.5 Å². The highest BCUT2D eigenvalue weighted by atomic mass is 79.9. The Morgan fingerprint density at radius 1 is 0.974 bits per heavy atom. The number of hydrogen-bond acceptors (Lipinski definition) is 6. The van der Waals surface area contributed by atoms with Crippen LogP contribution in [-0.4, -0.2) is 64.2 Å². The number of ether oxygens (including phenoxy) is 1. The fraction of sp³-hybridized carbons (Fsp3) is 0.357. The van der Waals surface area contributed by atoms with E-state index in [1.54, 1.807) is 11.8 Å². The molecule has 2 aromatic rings. The highest BCUT2D eigenvalue weighted by molar-refractivity contribution is 9.10. The molecule has 0 aromatic heterocycles. The summed E-state index contributed by atoms with van der Waals surface area (Å²) in [5.41, 5.74) is 0.979. The number of amides is 1. The molecule has 1 amide bonds. The van der Waals surface area contributed by atoms with Gasteiger partial charge in [0.2, 0.25) is 5.91 Å². The molecule has 1 aliphatic rings. The molecule has 1 saturated heterocycles. The van der Waals surface area contributed by atoms with Crippen LogP contribution in [0.3, 0.4) is 0 Å². The maximum absolute atomic E-state index is 13.3. The van der Waals surface area contributed by atoms with E-state index >= 15 is 0 Å². The minimum Gasteiger partial charge on any atom is -0.478 e. The molecule has 2 N–H and O–H groups in total. The van der Waals surface area contributed by atoms with Gasteiger partial charge >= 0.3 is 17.9 Å². The lowest BCUT2D eigenvalue weighted by Gasteiger charge is -2.46. The van der Waals surface area contributed by atoms with Crippen molar-refractivity contribution < 1.29 is 34.1 Å². The van der Waals surface area contributed by atoms with Crippen LogP contribution in [0.25, 0.3) is 0 Å². The smallest absolute Gasteiger partial charge is 0.332 e. The fourth-order valence-corrected chi connectivity index (χ4v) is 4.64. The standard InChI is InChI=1S/C24H29BrN2O3.C4H4O4/c1-3-22(28)27(21-12-8-11-20(25)17-21)24(23(29)30-4-2)13-15-26(16-14-24)18-19-9-6-5-7-10-19;5-3(6)1-2-4(7)8/h5-12,17H,3-4,13-16,18H2,1-2H3;1-2H,(H,5,6)(H,7,8). The van der Waals surface area contributed by atoms with E-state index in [1.165, 1.54) is 5.56 Å². The molecule has 0 unspecified atom stereocenters. The van der Waals surface area contributed by atoms with Crippen LogP contribution in [0.5, 0.6) is 0 Å². The zero-order valence-electron chi connectivity index (χ0n) is 21.5. The van der Waals surface area contributed by atoms with Crippen LogP contribution in [0, 0.1) is 0 Å². The average Bonchev–Trinajstić information content (AvgIpc) is 2.89. The second kappa shape index (κ2) is 15.0. The first-order valence-corrected chi connectivity index (χ1v) is 13.1. The van der Waals surface area contributed by atoms with Crippen molar-refractivity contribution in [3.05, 3.63) is 76.8 Å². The molecule has 0 bridgehead atoms. The van der Waals surface area contributed by atoms with Gasteiger partial charge in [0.25, 0.3) is 0 Å². The molecule has 38 heavy (non-hydrogen) atoms. The van der Waals surface area contributed by atoms with Crippen LogP contribution in [0.15, 0.2) is 71.2 Å². The summed E-state index contributed by atoms with van der Waals surface area (Å²) < 4.78 is 6.37. The molecule has 0 aliphatic carbocycles. The molecule has 3 rings (SSSR count). The Kier molecular flexibility index (Phi) is 12.2. The van der Waals surface area contributed by atoms with E-state index in [2.05, 4.69) is 33.0 Å². The highest BCUT2D eigenvalue weighted by Crippen LogP contribution is 2.36. The molecule has 1 fully saturated rings. The maximum Gasteiger partial charge on any atom is 0.332 e. The van der Waals surface area contributed by atoms with Crippen LogP contribution in [-0.2, 0) is 30.5 Å². The van der Waals surface area contributed by atoms with Gasteiger partial charge in [0.05, 0.1) is 6.61 Å². The first-order valence-electron chi connectivity index (χ1n) is 12.3. The molecular formula is C28H33BrN2O7. The minimum atomic E-state index is -1.26. The summed E-state index contributed by atoms with van der Waals surface area (Å²) in [6, 6.07) is 17.9. The van der Waals surface area contributed by atoms with E-state index in [-0.39, 0.29) is 11.9 Å². The van der Waals surface area contributed by atoms with Crippen molar-refractivity contribution in [2.24, 2.45) is 0 Å². The van der Waals surface area contributed by atoms with Crippen LogP contribution in [0.4, 0.5) is 5.69 Å². The van der Waals surface area contributed by atoms with E-state index in [0.717, 1.165) is 29.8 Å². The number of halogens is 1. The third-order valence-corrected chi connectivity index (χ3v) is 6.50. The molecule has 9 nitrogen and oxygen atoms in total. The van der Waals surface area contributed by atoms with E-state index in [1.807, 2.05) is 49.4 Å². The molecule has 0 saturated carbocycles. The van der Waals surface area contributed by atoms with Crippen LogP contribution in [0.1, 0.15) is 38.7 Å². The fourth-order valence-electron chi connectivity index (χ4n) is 4.25. The van der Waals surface area contributed by atoms with E-state index in [4.69, 9.17) is 14.9 Å². The maximum atomic E-state index is 13.3. The van der Waals surface area contributed by atoms with Gasteiger partial charge in [-0.3, -0.25) is 14.6 Å². The molecule has 0 atom stereocenters. The predicted molar refractivity (Wildman–Crippen MR) is 147 cm³/mol. The number of carbonyl (C=O) groups is 4. The Morgan fingerprint density at radius 2 is 1.58 bits per heavy atom. The number of anilines is 1. The lowest BCUT2D eigenvalue weighted by molar-refractivity contribution is -0.153. The van der Waals surface area contributed by atoms with Gasteiger partial charge in [-0.25, -0.2) is 14.4 Å². The zero-order valence-corrected chi connectivity index (χ0v) is 23.1. The SMILES string of the molecule is CCOC(=O)C1(N(C(=O)CC)c2cccc(Br)c2)CCN(Cc2ccccc2)CC1.O=C(O)C=CC(=O)O. The second-order valence-corrected chi connectivity index (χ2v) is 9.50. The first-order chi connectivity index (χ1) is 18.1. The number of carboxylic acids is 2. The lowest BCUT2D eigenvalue weighted by atomic mass is 9.84. The van der Waals surface area contributed by atoms with Crippen LogP contribution in [0.2, 0.25) is 0 Å². The summed E-state index contributed by atoms with van der Waals surface area (Å²) in [4.78, 5) is 49.5. The Bertz CT molecular complexity index is 1110. The number of hydrogen-bond donors (Lipinski definition) is 2. The summed E-state index contributed by atoms with van der Waals surface area (Å²) in [6.07, 6.45) is 2.51. The van der Waals surface area contributed by atoms with Gasteiger partial charge in [-0.15, -0.1) is 0 Å². The largest absolute Gasteiger partial charge is 0.478 e. The Balaban J connectivity index is 0.000000550. The second-order valence-electron chi connectivity index (χ2n) is 8.59. The number of piperidine rings is 1. The van der Waals surface area contributed by atoms with Gasteiger partial charge in [0.1, 0.15) is 5.54 Å². The first kappa shape index (κ1) is 30.7. The van der Waals surface area contributed by atoms with Crippen molar-refractivity contribution >= 4 is 45.4 Å². The lowest BCUT2D eigenvalue weighted by Crippen LogP contribution is -2.62. The monoisotopic (exact) mass is 588 g/mol. The van der Waals surface area contributed by atoms with Gasteiger partial charge in [-0.2, -0.15) is 0 Å². The number of benzene rings is 2. The number of carboxylic acid groups (broad SMARTS) is 2. The third kappa shape index (κ3) is 8.81. The normalized spacial score (nSPS) is 14.7. The summed E-state index contributed by atoms with van der Waals surface area (Å²) in [6.45, 7) is 6.20. The number of carbonyl (C=O) groups excluding carboxylic acids is 2. The number of aliphatic carboxylic acids is 2. The quantitative estimate of drug-likeness (QED) is 0.324. The van der Waals surface area contributed by atoms with Crippen molar-refractivity contribution in [2.75, 3.05) is 24.6 Å². The Morgan fingerprint density at radius 3 is 2.08 bits per heavy atom. The Hall–Kier alpha value is -3.50. The van der Waals surface area contributed by atoms with Gasteiger partial charge in [0.15, 0.2) is 0 Å². The van der Waals surface area contributed by atoms with Crippen molar-refractivity contribution in [1.82, 2.24) is 4.90 Å². The van der Waals surface area contributed by atoms with Gasteiger partial charge in [-0.05, 0) is 43.5 Å². The van der Waals surface area contributed by atoms with Gasteiger partial charge < -0.3 is 14.9 Å². The molecule has 1 aliphatic heterocycles. The van der Waals surface area contributed by atoms with Crippen LogP contribution < -0.4 is 4.90 Å². The van der Waals surface area contributed by atoms with E-state index in [9.17, 15) is 19.2 Å². The van der Waals surface area contributed by atoms with Crippen molar-refractivity contribution in [2.45, 2.75) is 45.2 Å². The molecule has 1 heterocycles. The highest BCUT2D eigenvalue weighted by Gasteiger charge is 2.50. The predicted octanol–water partition coefficient (Wildman–Crippen LogP) is 4.50. The molecule has 2 aromatic carbocycles. The molecule has 0 spiro atoms.